The average Bonchev–Trinajstić information content (AvgIpc) is 3.00. The third-order valence-electron chi connectivity index (χ3n) is 3.01. The van der Waals surface area contributed by atoms with Gasteiger partial charge in [0.15, 0.2) is 0 Å². The molecule has 3 aromatic rings. The van der Waals surface area contributed by atoms with Crippen LogP contribution in [0.3, 0.4) is 0 Å². The Morgan fingerprint density at radius 2 is 2.21 bits per heavy atom. The van der Waals surface area contributed by atoms with Crippen molar-refractivity contribution >= 4 is 22.6 Å². The molecule has 3 rings (SSSR count). The summed E-state index contributed by atoms with van der Waals surface area (Å²) < 4.78 is 9.09. The zero-order valence-corrected chi connectivity index (χ0v) is 11.4. The van der Waals surface area contributed by atoms with Crippen molar-refractivity contribution in [2.45, 2.75) is 5.88 Å². The lowest BCUT2D eigenvalue weighted by Gasteiger charge is -2.04. The summed E-state index contributed by atoms with van der Waals surface area (Å²) in [5.74, 6) is 1.84. The van der Waals surface area contributed by atoms with Crippen LogP contribution in [0.15, 0.2) is 30.6 Å². The lowest BCUT2D eigenvalue weighted by atomic mass is 10.3. The van der Waals surface area contributed by atoms with Crippen molar-refractivity contribution in [3.63, 3.8) is 0 Å². The Morgan fingerprint density at radius 3 is 2.84 bits per heavy atom. The van der Waals surface area contributed by atoms with Gasteiger partial charge < -0.3 is 4.74 Å². The molecule has 0 unspecified atom stereocenters. The number of hydrogen-bond acceptors (Lipinski definition) is 3. The van der Waals surface area contributed by atoms with Crippen LogP contribution in [0.4, 0.5) is 0 Å². The van der Waals surface area contributed by atoms with Crippen LogP contribution in [0.25, 0.3) is 16.7 Å². The first-order chi connectivity index (χ1) is 9.24. The van der Waals surface area contributed by atoms with Crippen molar-refractivity contribution in [1.82, 2.24) is 19.3 Å². The maximum absolute atomic E-state index is 6.00. The van der Waals surface area contributed by atoms with Gasteiger partial charge in [-0.25, -0.2) is 4.98 Å². The zero-order valence-electron chi connectivity index (χ0n) is 10.7. The molecule has 2 heterocycles. The molecule has 0 spiro atoms. The molecule has 0 saturated carbocycles. The summed E-state index contributed by atoms with van der Waals surface area (Å²) in [4.78, 5) is 4.56. The number of benzene rings is 1. The Hall–Kier alpha value is -2.01. The van der Waals surface area contributed by atoms with E-state index in [4.69, 9.17) is 16.3 Å². The molecule has 0 atom stereocenters. The molecule has 0 aliphatic heterocycles. The van der Waals surface area contributed by atoms with Crippen molar-refractivity contribution < 1.29 is 4.74 Å². The number of alkyl halides is 1. The van der Waals surface area contributed by atoms with Crippen molar-refractivity contribution in [2.24, 2.45) is 7.05 Å². The van der Waals surface area contributed by atoms with Gasteiger partial charge in [-0.2, -0.15) is 5.10 Å². The molecule has 0 N–H and O–H groups in total. The van der Waals surface area contributed by atoms with Gasteiger partial charge in [-0.3, -0.25) is 9.25 Å². The standard InChI is InChI=1S/C13H13ClN4O/c1-17-8-9(7-15-17)18-10-4-3-5-11(19-2)13(10)16-12(18)6-14/h3-5,7-8H,6H2,1-2H3. The molecule has 0 bridgehead atoms. The fraction of sp³-hybridized carbons (Fsp3) is 0.231. The Bertz CT molecular complexity index is 731. The third-order valence-corrected chi connectivity index (χ3v) is 3.25. The van der Waals surface area contributed by atoms with Crippen LogP contribution in [0.2, 0.25) is 0 Å². The summed E-state index contributed by atoms with van der Waals surface area (Å²) in [5.41, 5.74) is 2.71. The first kappa shape index (κ1) is 12.0. The van der Waals surface area contributed by atoms with Crippen molar-refractivity contribution in [3.05, 3.63) is 36.4 Å². The van der Waals surface area contributed by atoms with E-state index in [1.54, 1.807) is 18.0 Å². The molecule has 0 radical (unpaired) electrons. The summed E-state index contributed by atoms with van der Waals surface area (Å²) in [7, 11) is 3.52. The lowest BCUT2D eigenvalue weighted by Crippen LogP contribution is -1.97. The number of aryl methyl sites for hydroxylation is 1. The summed E-state index contributed by atoms with van der Waals surface area (Å²) in [6.45, 7) is 0. The summed E-state index contributed by atoms with van der Waals surface area (Å²) in [6, 6.07) is 5.82. The Balaban J connectivity index is 2.33. The average molecular weight is 277 g/mol. The number of rotatable bonds is 3. The molecule has 1 aromatic carbocycles. The number of ether oxygens (including phenoxy) is 1. The van der Waals surface area contributed by atoms with E-state index in [0.717, 1.165) is 28.3 Å². The molecule has 0 aliphatic carbocycles. The number of fused-ring (bicyclic) bond motifs is 1. The minimum Gasteiger partial charge on any atom is -0.494 e. The molecule has 6 heteroatoms. The van der Waals surface area contributed by atoms with Gasteiger partial charge in [0.05, 0.1) is 30.4 Å². The fourth-order valence-corrected chi connectivity index (χ4v) is 2.37. The number of hydrogen-bond donors (Lipinski definition) is 0. The second-order valence-corrected chi connectivity index (χ2v) is 4.46. The van der Waals surface area contributed by atoms with Crippen LogP contribution >= 0.6 is 11.6 Å². The minimum atomic E-state index is 0.326. The quantitative estimate of drug-likeness (QED) is 0.691. The number of nitrogens with zero attached hydrogens (tertiary/aromatic N) is 4. The van der Waals surface area contributed by atoms with Crippen LogP contribution in [-0.2, 0) is 12.9 Å². The van der Waals surface area contributed by atoms with E-state index in [0.29, 0.717) is 5.88 Å². The topological polar surface area (TPSA) is 44.9 Å². The third kappa shape index (κ3) is 1.86. The lowest BCUT2D eigenvalue weighted by molar-refractivity contribution is 0.419. The highest BCUT2D eigenvalue weighted by Crippen LogP contribution is 2.28. The molecule has 5 nitrogen and oxygen atoms in total. The number of methoxy groups -OCH3 is 1. The van der Waals surface area contributed by atoms with Crippen LogP contribution < -0.4 is 4.74 Å². The van der Waals surface area contributed by atoms with Crippen molar-refractivity contribution in [1.29, 1.82) is 0 Å². The predicted octanol–water partition coefficient (Wildman–Crippen LogP) is 2.51. The highest BCUT2D eigenvalue weighted by molar-refractivity contribution is 6.17. The fourth-order valence-electron chi connectivity index (χ4n) is 2.19. The van der Waals surface area contributed by atoms with Gasteiger partial charge in [0, 0.05) is 13.2 Å². The molecule has 0 amide bonds. The van der Waals surface area contributed by atoms with E-state index in [-0.39, 0.29) is 0 Å². The van der Waals surface area contributed by atoms with E-state index >= 15 is 0 Å². The van der Waals surface area contributed by atoms with Crippen LogP contribution in [0.1, 0.15) is 5.82 Å². The van der Waals surface area contributed by atoms with E-state index in [1.165, 1.54) is 0 Å². The number of halogens is 1. The highest BCUT2D eigenvalue weighted by atomic mass is 35.5. The van der Waals surface area contributed by atoms with E-state index in [1.807, 2.05) is 36.0 Å². The molecule has 0 aliphatic rings. The Morgan fingerprint density at radius 1 is 1.37 bits per heavy atom. The first-order valence-corrected chi connectivity index (χ1v) is 6.37. The maximum atomic E-state index is 6.00. The smallest absolute Gasteiger partial charge is 0.146 e. The number of imidazole rings is 1. The number of para-hydroxylation sites is 1. The maximum Gasteiger partial charge on any atom is 0.146 e. The summed E-state index contributed by atoms with van der Waals surface area (Å²) in [6.07, 6.45) is 3.72. The van der Waals surface area contributed by atoms with Crippen molar-refractivity contribution in [2.75, 3.05) is 7.11 Å². The molecule has 19 heavy (non-hydrogen) atoms. The van der Waals surface area contributed by atoms with Gasteiger partial charge in [0.25, 0.3) is 0 Å². The van der Waals surface area contributed by atoms with Gasteiger partial charge in [-0.15, -0.1) is 11.6 Å². The van der Waals surface area contributed by atoms with Crippen molar-refractivity contribution in [3.8, 4) is 11.4 Å². The van der Waals surface area contributed by atoms with Crippen LogP contribution in [0, 0.1) is 0 Å². The van der Waals surface area contributed by atoms with E-state index in [2.05, 4.69) is 10.1 Å². The normalized spacial score (nSPS) is 11.1. The molecular formula is C13H13ClN4O. The van der Waals surface area contributed by atoms with Crippen LogP contribution in [0.5, 0.6) is 5.75 Å². The molecule has 0 saturated heterocycles. The van der Waals surface area contributed by atoms with Gasteiger partial charge in [0.2, 0.25) is 0 Å². The van der Waals surface area contributed by atoms with E-state index < -0.39 is 0 Å². The SMILES string of the molecule is COc1cccc2c1nc(CCl)n2-c1cnn(C)c1. The second kappa shape index (κ2) is 4.59. The Kier molecular flexibility index (Phi) is 2.91. The number of aromatic nitrogens is 4. The summed E-state index contributed by atoms with van der Waals surface area (Å²) >= 11 is 6.00. The molecule has 2 aromatic heterocycles. The van der Waals surface area contributed by atoms with Gasteiger partial charge in [-0.1, -0.05) is 6.07 Å². The summed E-state index contributed by atoms with van der Waals surface area (Å²) in [5, 5.41) is 4.19. The molecule has 0 fully saturated rings. The monoisotopic (exact) mass is 276 g/mol. The zero-order chi connectivity index (χ0) is 13.4. The Labute approximate surface area is 115 Å². The van der Waals surface area contributed by atoms with Gasteiger partial charge >= 0.3 is 0 Å². The largest absolute Gasteiger partial charge is 0.494 e. The second-order valence-electron chi connectivity index (χ2n) is 4.20. The van der Waals surface area contributed by atoms with Gasteiger partial charge in [-0.05, 0) is 12.1 Å². The predicted molar refractivity (Wildman–Crippen MR) is 73.9 cm³/mol. The molecular weight excluding hydrogens is 264 g/mol. The van der Waals surface area contributed by atoms with Gasteiger partial charge in [0.1, 0.15) is 17.1 Å². The first-order valence-electron chi connectivity index (χ1n) is 5.84. The molecule has 98 valence electrons. The van der Waals surface area contributed by atoms with Crippen LogP contribution in [-0.4, -0.2) is 26.4 Å². The van der Waals surface area contributed by atoms with E-state index in [9.17, 15) is 0 Å². The highest BCUT2D eigenvalue weighted by Gasteiger charge is 2.15. The minimum absolute atomic E-state index is 0.326.